The lowest BCUT2D eigenvalue weighted by atomic mass is 10.1. The molecule has 0 saturated carbocycles. The van der Waals surface area contributed by atoms with Crippen LogP contribution in [0, 0.1) is 6.92 Å². The van der Waals surface area contributed by atoms with E-state index in [2.05, 4.69) is 0 Å². The molecule has 29 heavy (non-hydrogen) atoms. The van der Waals surface area contributed by atoms with Gasteiger partial charge in [0.2, 0.25) is 0 Å². The van der Waals surface area contributed by atoms with Crippen molar-refractivity contribution in [1.82, 2.24) is 9.80 Å². The molecular weight excluding hydrogens is 372 g/mol. The fourth-order valence-corrected chi connectivity index (χ4v) is 3.16. The van der Waals surface area contributed by atoms with E-state index in [0.717, 1.165) is 5.56 Å². The van der Waals surface area contributed by atoms with E-state index in [0.29, 0.717) is 43.1 Å². The average molecular weight is 396 g/mol. The molecule has 2 amide bonds. The first-order valence-electron chi connectivity index (χ1n) is 9.58. The van der Waals surface area contributed by atoms with E-state index in [1.54, 1.807) is 41.0 Å². The Hall–Kier alpha value is -3.35. The van der Waals surface area contributed by atoms with Crippen LogP contribution in [0.1, 0.15) is 33.2 Å². The topological polar surface area (TPSA) is 76.2 Å². The largest absolute Gasteiger partial charge is 0.513 e. The third kappa shape index (κ3) is 5.13. The maximum Gasteiger partial charge on any atom is 0.513 e. The van der Waals surface area contributed by atoms with Crippen LogP contribution < -0.4 is 4.74 Å². The average Bonchev–Trinajstić information content (AvgIpc) is 2.73. The van der Waals surface area contributed by atoms with E-state index in [9.17, 15) is 14.4 Å². The normalized spacial score (nSPS) is 13.7. The second-order valence-corrected chi connectivity index (χ2v) is 6.76. The first kappa shape index (κ1) is 20.4. The zero-order chi connectivity index (χ0) is 20.8. The van der Waals surface area contributed by atoms with Crippen LogP contribution in [-0.4, -0.2) is 60.6 Å². The third-order valence-electron chi connectivity index (χ3n) is 4.68. The summed E-state index contributed by atoms with van der Waals surface area (Å²) in [6.45, 7) is 5.79. The van der Waals surface area contributed by atoms with Gasteiger partial charge in [0.15, 0.2) is 0 Å². The van der Waals surface area contributed by atoms with Crippen molar-refractivity contribution in [2.24, 2.45) is 0 Å². The van der Waals surface area contributed by atoms with Crippen molar-refractivity contribution in [1.29, 1.82) is 0 Å². The first-order valence-corrected chi connectivity index (χ1v) is 9.58. The molecule has 0 N–H and O–H groups in total. The van der Waals surface area contributed by atoms with Gasteiger partial charge in [-0.3, -0.25) is 9.59 Å². The minimum absolute atomic E-state index is 0.0127. The Morgan fingerprint density at radius 3 is 2.00 bits per heavy atom. The number of hydrogen-bond donors (Lipinski definition) is 0. The summed E-state index contributed by atoms with van der Waals surface area (Å²) in [6, 6.07) is 13.9. The van der Waals surface area contributed by atoms with Crippen LogP contribution in [-0.2, 0) is 4.74 Å². The fourth-order valence-electron chi connectivity index (χ4n) is 3.16. The van der Waals surface area contributed by atoms with E-state index in [4.69, 9.17) is 9.47 Å². The van der Waals surface area contributed by atoms with Gasteiger partial charge in [-0.25, -0.2) is 4.79 Å². The SMILES string of the molecule is CCOC(=O)Oc1ccc(C(=O)N2CCN(C(=O)c3cccc(C)c3)CC2)cc1. The van der Waals surface area contributed by atoms with E-state index in [1.807, 2.05) is 31.2 Å². The highest BCUT2D eigenvalue weighted by molar-refractivity contribution is 5.96. The predicted molar refractivity (Wildman–Crippen MR) is 107 cm³/mol. The van der Waals surface area contributed by atoms with Gasteiger partial charge >= 0.3 is 6.16 Å². The molecule has 1 aliphatic heterocycles. The number of piperazine rings is 1. The number of benzene rings is 2. The van der Waals surface area contributed by atoms with Gasteiger partial charge in [-0.05, 0) is 50.2 Å². The second-order valence-electron chi connectivity index (χ2n) is 6.76. The van der Waals surface area contributed by atoms with Gasteiger partial charge in [-0.2, -0.15) is 0 Å². The van der Waals surface area contributed by atoms with E-state index >= 15 is 0 Å². The summed E-state index contributed by atoms with van der Waals surface area (Å²) in [6.07, 6.45) is -0.777. The Balaban J connectivity index is 1.56. The van der Waals surface area contributed by atoms with Crippen LogP contribution in [0.15, 0.2) is 48.5 Å². The molecule has 2 aromatic carbocycles. The van der Waals surface area contributed by atoms with Crippen LogP contribution in [0.3, 0.4) is 0 Å². The number of hydrogen-bond acceptors (Lipinski definition) is 5. The maximum atomic E-state index is 12.7. The Morgan fingerprint density at radius 1 is 0.862 bits per heavy atom. The smallest absolute Gasteiger partial charge is 0.434 e. The number of aryl methyl sites for hydroxylation is 1. The molecule has 1 fully saturated rings. The first-order chi connectivity index (χ1) is 14.0. The summed E-state index contributed by atoms with van der Waals surface area (Å²) >= 11 is 0. The van der Waals surface area contributed by atoms with Gasteiger partial charge < -0.3 is 19.3 Å². The van der Waals surface area contributed by atoms with Crippen LogP contribution >= 0.6 is 0 Å². The number of carbonyl (C=O) groups is 3. The molecule has 3 rings (SSSR count). The monoisotopic (exact) mass is 396 g/mol. The zero-order valence-electron chi connectivity index (χ0n) is 16.6. The lowest BCUT2D eigenvalue weighted by Gasteiger charge is -2.35. The van der Waals surface area contributed by atoms with Crippen LogP contribution in [0.25, 0.3) is 0 Å². The number of amides is 2. The van der Waals surface area contributed by atoms with Gasteiger partial charge in [0.25, 0.3) is 11.8 Å². The maximum absolute atomic E-state index is 12.7. The van der Waals surface area contributed by atoms with E-state index in [1.165, 1.54) is 0 Å². The van der Waals surface area contributed by atoms with Crippen molar-refractivity contribution < 1.29 is 23.9 Å². The predicted octanol–water partition coefficient (Wildman–Crippen LogP) is 3.13. The van der Waals surface area contributed by atoms with Crippen molar-refractivity contribution in [2.45, 2.75) is 13.8 Å². The van der Waals surface area contributed by atoms with Gasteiger partial charge in [-0.15, -0.1) is 0 Å². The van der Waals surface area contributed by atoms with E-state index in [-0.39, 0.29) is 18.4 Å². The minimum atomic E-state index is -0.777. The quantitative estimate of drug-likeness (QED) is 0.586. The second kappa shape index (κ2) is 9.23. The fraction of sp³-hybridized carbons (Fsp3) is 0.318. The molecule has 2 aromatic rings. The molecule has 152 valence electrons. The molecule has 7 heteroatoms. The standard InChI is InChI=1S/C22H24N2O5/c1-3-28-22(27)29-19-9-7-17(8-10-19)20(25)23-11-13-24(14-12-23)21(26)18-6-4-5-16(2)15-18/h4-10,15H,3,11-14H2,1-2H3. The molecule has 0 aliphatic carbocycles. The Bertz CT molecular complexity index is 886. The minimum Gasteiger partial charge on any atom is -0.434 e. The van der Waals surface area contributed by atoms with E-state index < -0.39 is 6.16 Å². The molecule has 1 aliphatic rings. The summed E-state index contributed by atoms with van der Waals surface area (Å²) in [4.78, 5) is 40.2. The third-order valence-corrected chi connectivity index (χ3v) is 4.68. The van der Waals surface area contributed by atoms with Gasteiger partial charge in [0.1, 0.15) is 5.75 Å². The van der Waals surface area contributed by atoms with Gasteiger partial charge in [-0.1, -0.05) is 17.7 Å². The molecule has 1 saturated heterocycles. The van der Waals surface area contributed by atoms with Crippen LogP contribution in [0.2, 0.25) is 0 Å². The molecule has 0 unspecified atom stereocenters. The zero-order valence-corrected chi connectivity index (χ0v) is 16.6. The van der Waals surface area contributed by atoms with Crippen molar-refractivity contribution in [3.05, 3.63) is 65.2 Å². The van der Waals surface area contributed by atoms with Crippen molar-refractivity contribution in [2.75, 3.05) is 32.8 Å². The summed E-state index contributed by atoms with van der Waals surface area (Å²) in [5.41, 5.74) is 2.21. The molecule has 7 nitrogen and oxygen atoms in total. The van der Waals surface area contributed by atoms with Crippen LogP contribution in [0.5, 0.6) is 5.75 Å². The Labute approximate surface area is 169 Å². The molecule has 0 bridgehead atoms. The molecule has 0 radical (unpaired) electrons. The Kier molecular flexibility index (Phi) is 6.49. The van der Waals surface area contributed by atoms with Crippen molar-refractivity contribution in [3.8, 4) is 5.75 Å². The van der Waals surface area contributed by atoms with Gasteiger partial charge in [0.05, 0.1) is 6.61 Å². The Morgan fingerprint density at radius 2 is 1.45 bits per heavy atom. The van der Waals surface area contributed by atoms with Gasteiger partial charge in [0, 0.05) is 37.3 Å². The number of ether oxygens (including phenoxy) is 2. The molecule has 0 spiro atoms. The van der Waals surface area contributed by atoms with Crippen molar-refractivity contribution in [3.63, 3.8) is 0 Å². The molecule has 0 aromatic heterocycles. The summed E-state index contributed by atoms with van der Waals surface area (Å²) < 4.78 is 9.71. The number of rotatable bonds is 4. The molecular formula is C22H24N2O5. The lowest BCUT2D eigenvalue weighted by Crippen LogP contribution is -2.50. The van der Waals surface area contributed by atoms with Crippen molar-refractivity contribution >= 4 is 18.0 Å². The number of carbonyl (C=O) groups excluding carboxylic acids is 3. The summed E-state index contributed by atoms with van der Waals surface area (Å²) in [7, 11) is 0. The molecule has 0 atom stereocenters. The number of nitrogens with zero attached hydrogens (tertiary/aromatic N) is 2. The summed E-state index contributed by atoms with van der Waals surface area (Å²) in [5, 5.41) is 0. The highest BCUT2D eigenvalue weighted by Gasteiger charge is 2.25. The molecule has 1 heterocycles. The lowest BCUT2D eigenvalue weighted by molar-refractivity contribution is 0.0535. The highest BCUT2D eigenvalue weighted by atomic mass is 16.7. The van der Waals surface area contributed by atoms with Crippen LogP contribution in [0.4, 0.5) is 4.79 Å². The summed E-state index contributed by atoms with van der Waals surface area (Å²) in [5.74, 6) is 0.185. The highest BCUT2D eigenvalue weighted by Crippen LogP contribution is 2.16.